The highest BCUT2D eigenvalue weighted by Gasteiger charge is 2.24. The van der Waals surface area contributed by atoms with Crippen LogP contribution in [0.2, 0.25) is 0 Å². The Labute approximate surface area is 94.6 Å². The summed E-state index contributed by atoms with van der Waals surface area (Å²) in [6, 6.07) is 5.87. The first-order valence-electron chi connectivity index (χ1n) is 5.23. The Hall–Kier alpha value is -1.71. The van der Waals surface area contributed by atoms with Gasteiger partial charge in [-0.2, -0.15) is 0 Å². The SMILES string of the molecule is COC(=O)CC1CNc2cc(OC)ccc21. The summed E-state index contributed by atoms with van der Waals surface area (Å²) in [5.41, 5.74) is 2.21. The van der Waals surface area contributed by atoms with E-state index in [2.05, 4.69) is 10.1 Å². The molecule has 4 heteroatoms. The lowest BCUT2D eigenvalue weighted by molar-refractivity contribution is -0.140. The summed E-state index contributed by atoms with van der Waals surface area (Å²) in [6.07, 6.45) is 0.419. The number of esters is 1. The summed E-state index contributed by atoms with van der Waals surface area (Å²) < 4.78 is 9.83. The zero-order valence-electron chi connectivity index (χ0n) is 9.45. The Morgan fingerprint density at radius 2 is 2.31 bits per heavy atom. The van der Waals surface area contributed by atoms with Crippen LogP contribution in [-0.2, 0) is 9.53 Å². The third-order valence-corrected chi connectivity index (χ3v) is 2.88. The molecule has 2 rings (SSSR count). The molecule has 0 fully saturated rings. The van der Waals surface area contributed by atoms with E-state index >= 15 is 0 Å². The number of carbonyl (C=O) groups is 1. The van der Waals surface area contributed by atoms with Crippen LogP contribution in [0.25, 0.3) is 0 Å². The number of carbonyl (C=O) groups excluding carboxylic acids is 1. The Bertz CT molecular complexity index is 403. The van der Waals surface area contributed by atoms with E-state index in [-0.39, 0.29) is 11.9 Å². The van der Waals surface area contributed by atoms with Gasteiger partial charge in [0.05, 0.1) is 20.6 Å². The van der Waals surface area contributed by atoms with E-state index < -0.39 is 0 Å². The van der Waals surface area contributed by atoms with Gasteiger partial charge in [0, 0.05) is 24.2 Å². The van der Waals surface area contributed by atoms with E-state index in [0.29, 0.717) is 6.42 Å². The molecule has 0 radical (unpaired) electrons. The van der Waals surface area contributed by atoms with Crippen LogP contribution in [0.5, 0.6) is 5.75 Å². The van der Waals surface area contributed by atoms with Crippen LogP contribution in [0, 0.1) is 0 Å². The molecule has 86 valence electrons. The molecule has 1 aliphatic heterocycles. The summed E-state index contributed by atoms with van der Waals surface area (Å²) in [6.45, 7) is 0.775. The second-order valence-electron chi connectivity index (χ2n) is 3.81. The zero-order valence-corrected chi connectivity index (χ0v) is 9.45. The van der Waals surface area contributed by atoms with Crippen LogP contribution in [0.3, 0.4) is 0 Å². The summed E-state index contributed by atoms with van der Waals surface area (Å²) in [4.78, 5) is 11.2. The predicted molar refractivity (Wildman–Crippen MR) is 60.9 cm³/mol. The lowest BCUT2D eigenvalue weighted by atomic mass is 9.98. The first-order valence-corrected chi connectivity index (χ1v) is 5.23. The van der Waals surface area contributed by atoms with Crippen molar-refractivity contribution in [1.82, 2.24) is 0 Å². The van der Waals surface area contributed by atoms with Gasteiger partial charge in [0.1, 0.15) is 5.75 Å². The molecule has 1 atom stereocenters. The maximum absolute atomic E-state index is 11.2. The fourth-order valence-corrected chi connectivity index (χ4v) is 1.98. The Balaban J connectivity index is 2.17. The molecule has 0 spiro atoms. The van der Waals surface area contributed by atoms with Crippen LogP contribution >= 0.6 is 0 Å². The molecule has 1 unspecified atom stereocenters. The quantitative estimate of drug-likeness (QED) is 0.790. The molecule has 1 heterocycles. The standard InChI is InChI=1S/C12H15NO3/c1-15-9-3-4-10-8(5-12(14)16-2)7-13-11(10)6-9/h3-4,6,8,13H,5,7H2,1-2H3. The van der Waals surface area contributed by atoms with E-state index in [1.165, 1.54) is 7.11 Å². The van der Waals surface area contributed by atoms with Gasteiger partial charge in [-0.15, -0.1) is 0 Å². The average Bonchev–Trinajstić information content (AvgIpc) is 2.71. The molecule has 1 N–H and O–H groups in total. The highest BCUT2D eigenvalue weighted by atomic mass is 16.5. The topological polar surface area (TPSA) is 47.6 Å². The predicted octanol–water partition coefficient (Wildman–Crippen LogP) is 1.77. The van der Waals surface area contributed by atoms with E-state index in [0.717, 1.165) is 23.5 Å². The fourth-order valence-electron chi connectivity index (χ4n) is 1.98. The number of nitrogens with one attached hydrogen (secondary N) is 1. The highest BCUT2D eigenvalue weighted by molar-refractivity contribution is 5.72. The van der Waals surface area contributed by atoms with Gasteiger partial charge in [0.15, 0.2) is 0 Å². The largest absolute Gasteiger partial charge is 0.497 e. The number of fused-ring (bicyclic) bond motifs is 1. The molecule has 1 aromatic carbocycles. The maximum atomic E-state index is 11.2. The number of methoxy groups -OCH3 is 2. The third kappa shape index (κ3) is 1.96. The van der Waals surface area contributed by atoms with Crippen molar-refractivity contribution in [2.75, 3.05) is 26.1 Å². The van der Waals surface area contributed by atoms with Crippen molar-refractivity contribution in [2.45, 2.75) is 12.3 Å². The minimum Gasteiger partial charge on any atom is -0.497 e. The number of hydrogen-bond acceptors (Lipinski definition) is 4. The molecule has 0 saturated heterocycles. The van der Waals surface area contributed by atoms with Crippen LogP contribution in [0.15, 0.2) is 18.2 Å². The monoisotopic (exact) mass is 221 g/mol. The van der Waals surface area contributed by atoms with E-state index in [9.17, 15) is 4.79 Å². The van der Waals surface area contributed by atoms with Gasteiger partial charge in [-0.25, -0.2) is 0 Å². The summed E-state index contributed by atoms with van der Waals surface area (Å²) >= 11 is 0. The number of hydrogen-bond donors (Lipinski definition) is 1. The van der Waals surface area contributed by atoms with Crippen molar-refractivity contribution in [1.29, 1.82) is 0 Å². The molecule has 1 aromatic rings. The normalized spacial score (nSPS) is 17.5. The molecule has 16 heavy (non-hydrogen) atoms. The van der Waals surface area contributed by atoms with E-state index in [1.807, 2.05) is 18.2 Å². The Morgan fingerprint density at radius 1 is 1.50 bits per heavy atom. The van der Waals surface area contributed by atoms with Crippen molar-refractivity contribution in [2.24, 2.45) is 0 Å². The van der Waals surface area contributed by atoms with Gasteiger partial charge in [-0.1, -0.05) is 6.07 Å². The maximum Gasteiger partial charge on any atom is 0.306 e. The van der Waals surface area contributed by atoms with Gasteiger partial charge >= 0.3 is 5.97 Å². The van der Waals surface area contributed by atoms with Crippen LogP contribution in [-0.4, -0.2) is 26.7 Å². The fraction of sp³-hybridized carbons (Fsp3) is 0.417. The molecule has 1 aliphatic rings. The van der Waals surface area contributed by atoms with E-state index in [1.54, 1.807) is 7.11 Å². The molecule has 0 amide bonds. The van der Waals surface area contributed by atoms with Crippen molar-refractivity contribution in [3.8, 4) is 5.75 Å². The summed E-state index contributed by atoms with van der Waals surface area (Å²) in [5.74, 6) is 0.855. The number of ether oxygens (including phenoxy) is 2. The summed E-state index contributed by atoms with van der Waals surface area (Å²) in [5, 5.41) is 3.27. The van der Waals surface area contributed by atoms with E-state index in [4.69, 9.17) is 4.74 Å². The Kier molecular flexibility index (Phi) is 2.99. The van der Waals surface area contributed by atoms with Gasteiger partial charge in [0.2, 0.25) is 0 Å². The second-order valence-corrected chi connectivity index (χ2v) is 3.81. The highest BCUT2D eigenvalue weighted by Crippen LogP contribution is 2.36. The van der Waals surface area contributed by atoms with Crippen LogP contribution in [0.1, 0.15) is 17.9 Å². The lowest BCUT2D eigenvalue weighted by Crippen LogP contribution is -2.10. The summed E-state index contributed by atoms with van der Waals surface area (Å²) in [7, 11) is 3.06. The van der Waals surface area contributed by atoms with Gasteiger partial charge in [-0.3, -0.25) is 4.79 Å². The van der Waals surface area contributed by atoms with Crippen LogP contribution in [0.4, 0.5) is 5.69 Å². The third-order valence-electron chi connectivity index (χ3n) is 2.88. The molecule has 0 aliphatic carbocycles. The van der Waals surface area contributed by atoms with Gasteiger partial charge < -0.3 is 14.8 Å². The molecular formula is C12H15NO3. The lowest BCUT2D eigenvalue weighted by Gasteiger charge is -2.08. The molecule has 0 aromatic heterocycles. The van der Waals surface area contributed by atoms with Crippen molar-refractivity contribution in [3.05, 3.63) is 23.8 Å². The molecular weight excluding hydrogens is 206 g/mol. The Morgan fingerprint density at radius 3 is 3.00 bits per heavy atom. The smallest absolute Gasteiger partial charge is 0.306 e. The number of benzene rings is 1. The zero-order chi connectivity index (χ0) is 11.5. The van der Waals surface area contributed by atoms with Gasteiger partial charge in [0.25, 0.3) is 0 Å². The van der Waals surface area contributed by atoms with Gasteiger partial charge in [-0.05, 0) is 11.6 Å². The van der Waals surface area contributed by atoms with Crippen LogP contribution < -0.4 is 10.1 Å². The number of anilines is 1. The molecule has 0 bridgehead atoms. The van der Waals surface area contributed by atoms with Crippen molar-refractivity contribution < 1.29 is 14.3 Å². The molecule has 0 saturated carbocycles. The minimum atomic E-state index is -0.171. The average molecular weight is 221 g/mol. The first-order chi connectivity index (χ1) is 7.74. The second kappa shape index (κ2) is 4.43. The van der Waals surface area contributed by atoms with Crippen molar-refractivity contribution in [3.63, 3.8) is 0 Å². The van der Waals surface area contributed by atoms with Crippen molar-refractivity contribution >= 4 is 11.7 Å². The number of rotatable bonds is 3. The minimum absolute atomic E-state index is 0.171. The first kappa shape index (κ1) is 10.8. The molecule has 4 nitrogen and oxygen atoms in total.